The van der Waals surface area contributed by atoms with Gasteiger partial charge in [0.15, 0.2) is 0 Å². The lowest BCUT2D eigenvalue weighted by Gasteiger charge is -2.26. The fourth-order valence-corrected chi connectivity index (χ4v) is 7.09. The van der Waals surface area contributed by atoms with Crippen molar-refractivity contribution in [3.05, 3.63) is 68.1 Å². The van der Waals surface area contributed by atoms with Gasteiger partial charge in [0.2, 0.25) is 11.8 Å². The molecular weight excluding hydrogens is 587 g/mol. The summed E-state index contributed by atoms with van der Waals surface area (Å²) in [5.41, 5.74) is 1.53. The maximum absolute atomic E-state index is 13.5. The summed E-state index contributed by atoms with van der Waals surface area (Å²) >= 11 is 2.63. The van der Waals surface area contributed by atoms with Gasteiger partial charge in [0.05, 0.1) is 24.7 Å². The summed E-state index contributed by atoms with van der Waals surface area (Å²) in [6.45, 7) is 5.23. The zero-order valence-corrected chi connectivity index (χ0v) is 25.9. The van der Waals surface area contributed by atoms with E-state index < -0.39 is 12.1 Å². The third kappa shape index (κ3) is 7.84. The lowest BCUT2D eigenvalue weighted by Crippen LogP contribution is -2.49. The van der Waals surface area contributed by atoms with Crippen molar-refractivity contribution in [1.82, 2.24) is 36.1 Å². The molecule has 3 aromatic rings. The number of aromatic nitrogens is 2. The van der Waals surface area contributed by atoms with Crippen LogP contribution in [0.3, 0.4) is 0 Å². The van der Waals surface area contributed by atoms with Gasteiger partial charge in [-0.05, 0) is 43.7 Å². The number of thiazole rings is 2. The smallest absolute Gasteiger partial charge is 0.271 e. The van der Waals surface area contributed by atoms with Crippen LogP contribution in [0.25, 0.3) is 0 Å². The summed E-state index contributed by atoms with van der Waals surface area (Å²) in [4.78, 5) is 63.8. The van der Waals surface area contributed by atoms with Gasteiger partial charge in [-0.3, -0.25) is 19.2 Å². The van der Waals surface area contributed by atoms with Crippen LogP contribution >= 0.6 is 22.7 Å². The average Bonchev–Trinajstić information content (AvgIpc) is 3.79. The van der Waals surface area contributed by atoms with Crippen LogP contribution in [-0.2, 0) is 16.0 Å². The number of nitrogens with zero attached hydrogens (tertiary/aromatic N) is 3. The third-order valence-electron chi connectivity index (χ3n) is 7.54. The van der Waals surface area contributed by atoms with E-state index in [0.717, 1.165) is 24.9 Å². The molecule has 0 saturated carbocycles. The molecule has 0 spiro atoms. The van der Waals surface area contributed by atoms with Crippen molar-refractivity contribution in [2.24, 2.45) is 5.92 Å². The molecule has 1 fully saturated rings. The van der Waals surface area contributed by atoms with E-state index in [-0.39, 0.29) is 53.5 Å². The van der Waals surface area contributed by atoms with E-state index in [9.17, 15) is 19.2 Å². The zero-order chi connectivity index (χ0) is 30.3. The normalized spacial score (nSPS) is 22.3. The highest BCUT2D eigenvalue weighted by Gasteiger charge is 2.30. The van der Waals surface area contributed by atoms with E-state index in [0.29, 0.717) is 35.9 Å². The van der Waals surface area contributed by atoms with Gasteiger partial charge < -0.3 is 26.2 Å². The summed E-state index contributed by atoms with van der Waals surface area (Å²) in [5.74, 6) is -1.10. The van der Waals surface area contributed by atoms with Gasteiger partial charge in [0.25, 0.3) is 11.8 Å². The predicted octanol–water partition coefficient (Wildman–Crippen LogP) is 2.84. The Kier molecular flexibility index (Phi) is 10.2. The minimum Gasteiger partial charge on any atom is -0.351 e. The molecule has 4 amide bonds. The van der Waals surface area contributed by atoms with E-state index in [1.54, 1.807) is 15.7 Å². The van der Waals surface area contributed by atoms with Gasteiger partial charge in [-0.15, -0.1) is 22.7 Å². The molecular formula is C30H37N7O4S2. The van der Waals surface area contributed by atoms with Crippen molar-refractivity contribution in [3.8, 4) is 0 Å². The Morgan fingerprint density at radius 2 is 1.67 bits per heavy atom. The van der Waals surface area contributed by atoms with Crippen molar-refractivity contribution < 1.29 is 19.2 Å². The predicted molar refractivity (Wildman–Crippen MR) is 165 cm³/mol. The molecule has 1 saturated heterocycles. The first-order chi connectivity index (χ1) is 20.8. The highest BCUT2D eigenvalue weighted by Crippen LogP contribution is 2.27. The average molecular weight is 624 g/mol. The van der Waals surface area contributed by atoms with Crippen molar-refractivity contribution >= 4 is 46.3 Å². The first kappa shape index (κ1) is 30.8. The maximum Gasteiger partial charge on any atom is 0.271 e. The van der Waals surface area contributed by atoms with Crippen molar-refractivity contribution in [3.63, 3.8) is 0 Å². The molecule has 228 valence electrons. The van der Waals surface area contributed by atoms with Crippen LogP contribution in [0.2, 0.25) is 0 Å². The minimum absolute atomic E-state index is 0.0150. The number of rotatable bonds is 4. The molecule has 3 atom stereocenters. The van der Waals surface area contributed by atoms with Gasteiger partial charge in [0, 0.05) is 23.8 Å². The number of carbonyl (C=O) groups is 4. The summed E-state index contributed by atoms with van der Waals surface area (Å²) in [7, 11) is 0. The van der Waals surface area contributed by atoms with Gasteiger partial charge in [-0.2, -0.15) is 0 Å². The number of carbonyl (C=O) groups excluding carboxylic acids is 4. The van der Waals surface area contributed by atoms with E-state index in [1.807, 2.05) is 44.2 Å². The second-order valence-corrected chi connectivity index (χ2v) is 12.9. The number of hydrogen-bond donors (Lipinski definition) is 4. The lowest BCUT2D eigenvalue weighted by molar-refractivity contribution is -0.137. The van der Waals surface area contributed by atoms with E-state index in [4.69, 9.17) is 0 Å². The highest BCUT2D eigenvalue weighted by atomic mass is 32.1. The number of hydrogen-bond acceptors (Lipinski definition) is 9. The molecule has 2 aliphatic rings. The fraction of sp³-hybridized carbons (Fsp3) is 0.467. The first-order valence-electron chi connectivity index (χ1n) is 14.6. The zero-order valence-electron chi connectivity index (χ0n) is 24.3. The largest absolute Gasteiger partial charge is 0.351 e. The van der Waals surface area contributed by atoms with Crippen LogP contribution < -0.4 is 21.3 Å². The van der Waals surface area contributed by atoms with Crippen LogP contribution in [0.15, 0.2) is 41.1 Å². The minimum atomic E-state index is -0.494. The molecule has 0 unspecified atom stereocenters. The summed E-state index contributed by atoms with van der Waals surface area (Å²) in [6.07, 6.45) is 2.57. The lowest BCUT2D eigenvalue weighted by atomic mass is 10.0. The quantitative estimate of drug-likeness (QED) is 0.350. The van der Waals surface area contributed by atoms with Crippen molar-refractivity contribution in [2.45, 2.75) is 57.7 Å². The molecule has 2 aliphatic heterocycles. The molecule has 11 nitrogen and oxygen atoms in total. The van der Waals surface area contributed by atoms with Crippen LogP contribution in [-0.4, -0.2) is 70.7 Å². The van der Waals surface area contributed by atoms with Crippen LogP contribution in [0.4, 0.5) is 0 Å². The van der Waals surface area contributed by atoms with Gasteiger partial charge >= 0.3 is 0 Å². The van der Waals surface area contributed by atoms with Gasteiger partial charge in [-0.25, -0.2) is 9.97 Å². The van der Waals surface area contributed by atoms with E-state index >= 15 is 0 Å². The number of nitrogens with one attached hydrogen (secondary N) is 4. The summed E-state index contributed by atoms with van der Waals surface area (Å²) in [5, 5.41) is 16.8. The van der Waals surface area contributed by atoms with Crippen molar-refractivity contribution in [1.29, 1.82) is 0 Å². The standard InChI is InChI=1S/C30H37N7O4S2/c1-18(2)25-29-35-22(16-43-29)26(39)32-12-7-13-37(30(41)20-10-6-11-31-20)15-24(38)33-21(14-19-8-4-3-5-9-19)28-34-23(17-42-28)27(40)36-25/h3-5,8-9,16-18,20-21,25,31H,6-7,10-15H2,1-2H3,(H,32,39)(H,33,38)(H,36,40)/t20-,21+,25+/m1/s1. The number of benzene rings is 1. The van der Waals surface area contributed by atoms with Crippen LogP contribution in [0, 0.1) is 5.92 Å². The molecule has 4 heterocycles. The SMILES string of the molecule is CC(C)[C@@H]1NC(=O)c2csc(n2)[C@H](Cc2ccccc2)NC(=O)CN(C(=O)[C@H]2CCCN2)CCCNC(=O)c2csc1n2. The fourth-order valence-electron chi connectivity index (χ4n) is 5.22. The molecule has 1 aromatic carbocycles. The second-order valence-electron chi connectivity index (χ2n) is 11.2. The molecule has 5 rings (SSSR count). The van der Waals surface area contributed by atoms with Gasteiger partial charge in [0.1, 0.15) is 21.4 Å². The monoisotopic (exact) mass is 623 g/mol. The molecule has 0 aliphatic carbocycles. The maximum atomic E-state index is 13.5. The Labute approximate surface area is 258 Å². The molecule has 4 N–H and O–H groups in total. The summed E-state index contributed by atoms with van der Waals surface area (Å²) < 4.78 is 0. The molecule has 0 radical (unpaired) electrons. The van der Waals surface area contributed by atoms with Crippen LogP contribution in [0.1, 0.15) is 81.7 Å². The Bertz CT molecular complexity index is 1430. The first-order valence-corrected chi connectivity index (χ1v) is 16.4. The summed E-state index contributed by atoms with van der Waals surface area (Å²) in [6, 6.07) is 8.53. The van der Waals surface area contributed by atoms with E-state index in [2.05, 4.69) is 31.2 Å². The van der Waals surface area contributed by atoms with Gasteiger partial charge in [-0.1, -0.05) is 44.2 Å². The number of fused-ring (bicyclic) bond motifs is 4. The molecule has 13 heteroatoms. The van der Waals surface area contributed by atoms with Crippen LogP contribution in [0.5, 0.6) is 0 Å². The Hall–Kier alpha value is -3.68. The third-order valence-corrected chi connectivity index (χ3v) is 9.43. The Balaban J connectivity index is 1.45. The number of amides is 4. The highest BCUT2D eigenvalue weighted by molar-refractivity contribution is 7.10. The molecule has 4 bridgehead atoms. The molecule has 43 heavy (non-hydrogen) atoms. The topological polar surface area (TPSA) is 145 Å². The molecule has 2 aromatic heterocycles. The Morgan fingerprint density at radius 3 is 2.40 bits per heavy atom. The second kappa shape index (κ2) is 14.2. The Morgan fingerprint density at radius 1 is 0.953 bits per heavy atom. The van der Waals surface area contributed by atoms with E-state index in [1.165, 1.54) is 22.7 Å². The van der Waals surface area contributed by atoms with Crippen molar-refractivity contribution in [2.75, 3.05) is 26.2 Å².